The molecule has 2 aromatic carbocycles. The van der Waals surface area contributed by atoms with Crippen molar-refractivity contribution in [1.29, 1.82) is 5.26 Å². The SMILES string of the molecule is CCOc1cccc(CN2CCC(C(=O)Nc3ccc(CC#N)cc3)CC2)c1. The van der Waals surface area contributed by atoms with Crippen molar-refractivity contribution < 1.29 is 9.53 Å². The Morgan fingerprint density at radius 2 is 1.93 bits per heavy atom. The first-order valence-electron chi connectivity index (χ1n) is 9.88. The fraction of sp³-hybridized carbons (Fsp3) is 0.391. The van der Waals surface area contributed by atoms with Gasteiger partial charge in [0.15, 0.2) is 0 Å². The summed E-state index contributed by atoms with van der Waals surface area (Å²) < 4.78 is 5.57. The quantitative estimate of drug-likeness (QED) is 0.792. The summed E-state index contributed by atoms with van der Waals surface area (Å²) in [5, 5.41) is 11.7. The third-order valence-electron chi connectivity index (χ3n) is 5.08. The first kappa shape index (κ1) is 19.9. The summed E-state index contributed by atoms with van der Waals surface area (Å²) in [5.41, 5.74) is 3.00. The molecule has 5 heteroatoms. The van der Waals surface area contributed by atoms with Crippen LogP contribution >= 0.6 is 0 Å². The minimum absolute atomic E-state index is 0.0461. The fourth-order valence-corrected chi connectivity index (χ4v) is 3.55. The first-order chi connectivity index (χ1) is 13.7. The number of hydrogen-bond donors (Lipinski definition) is 1. The maximum atomic E-state index is 12.6. The molecule has 0 saturated carbocycles. The van der Waals surface area contributed by atoms with Crippen molar-refractivity contribution in [3.63, 3.8) is 0 Å². The number of ether oxygens (including phenoxy) is 1. The summed E-state index contributed by atoms with van der Waals surface area (Å²) in [5.74, 6) is 1.05. The average Bonchev–Trinajstić information content (AvgIpc) is 2.71. The Labute approximate surface area is 166 Å². The van der Waals surface area contributed by atoms with Gasteiger partial charge in [-0.05, 0) is 68.2 Å². The van der Waals surface area contributed by atoms with E-state index in [0.717, 1.165) is 49.5 Å². The van der Waals surface area contributed by atoms with Crippen LogP contribution in [0.5, 0.6) is 5.75 Å². The van der Waals surface area contributed by atoms with Gasteiger partial charge in [-0.1, -0.05) is 24.3 Å². The lowest BCUT2D eigenvalue weighted by Gasteiger charge is -2.31. The Bertz CT molecular complexity index is 818. The topological polar surface area (TPSA) is 65.4 Å². The number of benzene rings is 2. The second-order valence-corrected chi connectivity index (χ2v) is 7.15. The Morgan fingerprint density at radius 1 is 1.18 bits per heavy atom. The molecule has 1 amide bonds. The number of rotatable bonds is 7. The van der Waals surface area contributed by atoms with Crippen LogP contribution in [-0.4, -0.2) is 30.5 Å². The molecule has 28 heavy (non-hydrogen) atoms. The van der Waals surface area contributed by atoms with Crippen LogP contribution in [-0.2, 0) is 17.8 Å². The molecule has 1 fully saturated rings. The molecule has 0 radical (unpaired) electrons. The normalized spacial score (nSPS) is 15.0. The molecular weight excluding hydrogens is 350 g/mol. The van der Waals surface area contributed by atoms with E-state index in [1.807, 2.05) is 43.3 Å². The molecule has 1 aliphatic heterocycles. The van der Waals surface area contributed by atoms with Gasteiger partial charge in [0.1, 0.15) is 5.75 Å². The third kappa shape index (κ3) is 5.58. The van der Waals surface area contributed by atoms with E-state index in [1.54, 1.807) is 0 Å². The molecule has 0 bridgehead atoms. The van der Waals surface area contributed by atoms with Crippen molar-refractivity contribution in [2.24, 2.45) is 5.92 Å². The van der Waals surface area contributed by atoms with Gasteiger partial charge in [0.2, 0.25) is 5.91 Å². The van der Waals surface area contributed by atoms with E-state index in [9.17, 15) is 4.79 Å². The minimum atomic E-state index is 0.0461. The summed E-state index contributed by atoms with van der Waals surface area (Å²) in [7, 11) is 0. The summed E-state index contributed by atoms with van der Waals surface area (Å²) in [6.07, 6.45) is 2.12. The molecule has 0 unspecified atom stereocenters. The second-order valence-electron chi connectivity index (χ2n) is 7.15. The molecule has 5 nitrogen and oxygen atoms in total. The molecule has 3 rings (SSSR count). The molecule has 1 heterocycles. The summed E-state index contributed by atoms with van der Waals surface area (Å²) in [6.45, 7) is 5.37. The van der Waals surface area contributed by atoms with Crippen LogP contribution in [0.2, 0.25) is 0 Å². The molecule has 146 valence electrons. The smallest absolute Gasteiger partial charge is 0.227 e. The van der Waals surface area contributed by atoms with Gasteiger partial charge in [0.05, 0.1) is 19.1 Å². The fourth-order valence-electron chi connectivity index (χ4n) is 3.55. The number of nitrogens with one attached hydrogen (secondary N) is 1. The highest BCUT2D eigenvalue weighted by Crippen LogP contribution is 2.22. The van der Waals surface area contributed by atoms with Crippen molar-refractivity contribution >= 4 is 11.6 Å². The van der Waals surface area contributed by atoms with Crippen molar-refractivity contribution in [1.82, 2.24) is 4.90 Å². The largest absolute Gasteiger partial charge is 0.494 e. The van der Waals surface area contributed by atoms with Crippen LogP contribution in [0.15, 0.2) is 48.5 Å². The van der Waals surface area contributed by atoms with Crippen molar-refractivity contribution in [3.05, 3.63) is 59.7 Å². The number of likely N-dealkylation sites (tertiary alicyclic amines) is 1. The van der Waals surface area contributed by atoms with Crippen LogP contribution in [0.1, 0.15) is 30.9 Å². The van der Waals surface area contributed by atoms with Gasteiger partial charge in [-0.3, -0.25) is 9.69 Å². The molecule has 1 saturated heterocycles. The number of piperidine rings is 1. The van der Waals surface area contributed by atoms with Gasteiger partial charge < -0.3 is 10.1 Å². The predicted octanol–water partition coefficient (Wildman–Crippen LogP) is 4.00. The van der Waals surface area contributed by atoms with Gasteiger partial charge >= 0.3 is 0 Å². The van der Waals surface area contributed by atoms with E-state index in [0.29, 0.717) is 13.0 Å². The molecule has 0 aliphatic carbocycles. The Balaban J connectivity index is 1.47. The maximum Gasteiger partial charge on any atom is 0.227 e. The third-order valence-corrected chi connectivity index (χ3v) is 5.08. The van der Waals surface area contributed by atoms with E-state index in [4.69, 9.17) is 10.00 Å². The van der Waals surface area contributed by atoms with Gasteiger partial charge in [-0.2, -0.15) is 5.26 Å². The molecule has 2 aromatic rings. The van der Waals surface area contributed by atoms with E-state index < -0.39 is 0 Å². The molecule has 1 N–H and O–H groups in total. The van der Waals surface area contributed by atoms with E-state index in [2.05, 4.69) is 28.4 Å². The Hall–Kier alpha value is -2.84. The van der Waals surface area contributed by atoms with Gasteiger partial charge in [0.25, 0.3) is 0 Å². The van der Waals surface area contributed by atoms with Crippen LogP contribution in [0.25, 0.3) is 0 Å². The number of carbonyl (C=O) groups excluding carboxylic acids is 1. The van der Waals surface area contributed by atoms with Crippen molar-refractivity contribution in [3.8, 4) is 11.8 Å². The number of nitriles is 1. The monoisotopic (exact) mass is 377 g/mol. The molecule has 0 aromatic heterocycles. The average molecular weight is 377 g/mol. The van der Waals surface area contributed by atoms with Crippen molar-refractivity contribution in [2.75, 3.05) is 25.0 Å². The summed E-state index contributed by atoms with van der Waals surface area (Å²) in [4.78, 5) is 15.0. The number of amides is 1. The number of carbonyl (C=O) groups is 1. The van der Waals surface area contributed by atoms with Crippen molar-refractivity contribution in [2.45, 2.75) is 32.7 Å². The summed E-state index contributed by atoms with van der Waals surface area (Å²) >= 11 is 0. The Morgan fingerprint density at radius 3 is 2.61 bits per heavy atom. The zero-order valence-electron chi connectivity index (χ0n) is 16.4. The molecule has 1 aliphatic rings. The number of nitrogens with zero attached hydrogens (tertiary/aromatic N) is 2. The van der Waals surface area contributed by atoms with E-state index >= 15 is 0 Å². The molecular formula is C23H27N3O2. The zero-order valence-corrected chi connectivity index (χ0v) is 16.4. The zero-order chi connectivity index (χ0) is 19.8. The lowest BCUT2D eigenvalue weighted by Crippen LogP contribution is -2.37. The lowest BCUT2D eigenvalue weighted by atomic mass is 9.95. The maximum absolute atomic E-state index is 12.6. The van der Waals surface area contributed by atoms with E-state index in [1.165, 1.54) is 5.56 Å². The number of hydrogen-bond acceptors (Lipinski definition) is 4. The highest BCUT2D eigenvalue weighted by molar-refractivity contribution is 5.92. The molecule has 0 spiro atoms. The number of anilines is 1. The van der Waals surface area contributed by atoms with Crippen LogP contribution in [0.4, 0.5) is 5.69 Å². The minimum Gasteiger partial charge on any atom is -0.494 e. The first-order valence-corrected chi connectivity index (χ1v) is 9.88. The summed E-state index contributed by atoms with van der Waals surface area (Å²) in [6, 6.07) is 17.9. The standard InChI is InChI=1S/C23H27N3O2/c1-2-28-22-5-3-4-19(16-22)17-26-14-11-20(12-15-26)23(27)25-21-8-6-18(7-9-21)10-13-24/h3-9,16,20H,2,10-12,14-15,17H2,1H3,(H,25,27). The second kappa shape index (κ2) is 9.91. The lowest BCUT2D eigenvalue weighted by molar-refractivity contribution is -0.121. The predicted molar refractivity (Wildman–Crippen MR) is 110 cm³/mol. The van der Waals surface area contributed by atoms with E-state index in [-0.39, 0.29) is 11.8 Å². The van der Waals surface area contributed by atoms with Gasteiger partial charge in [-0.15, -0.1) is 0 Å². The van der Waals surface area contributed by atoms with Crippen LogP contribution < -0.4 is 10.1 Å². The van der Waals surface area contributed by atoms with Crippen LogP contribution in [0.3, 0.4) is 0 Å². The van der Waals surface area contributed by atoms with Crippen LogP contribution in [0, 0.1) is 17.2 Å². The highest BCUT2D eigenvalue weighted by Gasteiger charge is 2.25. The van der Waals surface area contributed by atoms with Gasteiger partial charge in [0, 0.05) is 18.2 Å². The molecule has 0 atom stereocenters. The highest BCUT2D eigenvalue weighted by atomic mass is 16.5. The Kier molecular flexibility index (Phi) is 7.05. The van der Waals surface area contributed by atoms with Gasteiger partial charge in [-0.25, -0.2) is 0 Å².